The highest BCUT2D eigenvalue weighted by atomic mass is 16.5. The van der Waals surface area contributed by atoms with Gasteiger partial charge in [0.2, 0.25) is 0 Å². The van der Waals surface area contributed by atoms with Gasteiger partial charge in [0.05, 0.1) is 13.7 Å². The molecule has 0 saturated heterocycles. The summed E-state index contributed by atoms with van der Waals surface area (Å²) in [6.07, 6.45) is 1.79. The van der Waals surface area contributed by atoms with Crippen LogP contribution in [-0.2, 0) is 11.2 Å². The highest BCUT2D eigenvalue weighted by Gasteiger charge is 2.16. The fourth-order valence-corrected chi connectivity index (χ4v) is 2.09. The molecule has 0 aromatic heterocycles. The minimum absolute atomic E-state index is 0.291. The minimum atomic E-state index is -0.480. The van der Waals surface area contributed by atoms with E-state index in [1.165, 1.54) is 12.7 Å². The lowest BCUT2D eigenvalue weighted by Crippen LogP contribution is -2.10. The van der Waals surface area contributed by atoms with Crippen LogP contribution in [0.15, 0.2) is 48.5 Å². The molecule has 0 spiro atoms. The fraction of sp³-hybridized carbons (Fsp3) is 0.235. The van der Waals surface area contributed by atoms with E-state index in [2.05, 4.69) is 12.1 Å². The van der Waals surface area contributed by atoms with Gasteiger partial charge in [0.25, 0.3) is 0 Å². The molecule has 0 aliphatic rings. The summed E-state index contributed by atoms with van der Waals surface area (Å²) in [5.41, 5.74) is 7.73. The average molecular weight is 285 g/mol. The van der Waals surface area contributed by atoms with Gasteiger partial charge in [0.1, 0.15) is 11.3 Å². The molecule has 0 fully saturated rings. The third-order valence-corrected chi connectivity index (χ3v) is 3.16. The van der Waals surface area contributed by atoms with Gasteiger partial charge in [-0.15, -0.1) is 0 Å². The first-order valence-electron chi connectivity index (χ1n) is 6.86. The molecule has 0 amide bonds. The summed E-state index contributed by atoms with van der Waals surface area (Å²) in [7, 11) is 1.33. The minimum Gasteiger partial charge on any atom is -0.493 e. The molecule has 0 bridgehead atoms. The molecule has 110 valence electrons. The first kappa shape index (κ1) is 14.9. The number of rotatable bonds is 6. The molecule has 21 heavy (non-hydrogen) atoms. The summed E-state index contributed by atoms with van der Waals surface area (Å²) >= 11 is 0. The number of hydrogen-bond donors (Lipinski definition) is 1. The van der Waals surface area contributed by atoms with Crippen LogP contribution in [0.25, 0.3) is 0 Å². The normalized spacial score (nSPS) is 10.1. The number of anilines is 1. The van der Waals surface area contributed by atoms with Crippen LogP contribution in [0.4, 0.5) is 5.69 Å². The second-order valence-corrected chi connectivity index (χ2v) is 4.65. The molecule has 0 saturated carbocycles. The number of aryl methyl sites for hydroxylation is 1. The lowest BCUT2D eigenvalue weighted by atomic mass is 10.1. The third-order valence-electron chi connectivity index (χ3n) is 3.16. The molecule has 2 rings (SSSR count). The van der Waals surface area contributed by atoms with Crippen LogP contribution >= 0.6 is 0 Å². The Labute approximate surface area is 124 Å². The third kappa shape index (κ3) is 3.99. The van der Waals surface area contributed by atoms with Crippen molar-refractivity contribution in [2.45, 2.75) is 12.8 Å². The largest absolute Gasteiger partial charge is 0.493 e. The summed E-state index contributed by atoms with van der Waals surface area (Å²) in [4.78, 5) is 11.7. The number of nitrogen functional groups attached to an aromatic ring is 1. The Hall–Kier alpha value is -2.49. The zero-order valence-corrected chi connectivity index (χ0v) is 12.0. The second-order valence-electron chi connectivity index (χ2n) is 4.65. The van der Waals surface area contributed by atoms with Crippen LogP contribution in [-0.4, -0.2) is 19.7 Å². The van der Waals surface area contributed by atoms with Crippen molar-refractivity contribution in [2.75, 3.05) is 19.5 Å². The molecule has 0 heterocycles. The maximum absolute atomic E-state index is 11.7. The van der Waals surface area contributed by atoms with E-state index in [-0.39, 0.29) is 0 Å². The predicted octanol–water partition coefficient (Wildman–Crippen LogP) is 3.07. The number of carbonyl (C=O) groups is 1. The lowest BCUT2D eigenvalue weighted by molar-refractivity contribution is 0.0597. The van der Waals surface area contributed by atoms with E-state index in [1.54, 1.807) is 18.2 Å². The molecular formula is C17H19NO3. The number of ether oxygens (including phenoxy) is 2. The average Bonchev–Trinajstić information content (AvgIpc) is 2.52. The number of esters is 1. The number of benzene rings is 2. The zero-order valence-electron chi connectivity index (χ0n) is 12.0. The number of nitrogens with two attached hydrogens (primary N) is 1. The lowest BCUT2D eigenvalue weighted by Gasteiger charge is -2.12. The van der Waals surface area contributed by atoms with E-state index in [0.29, 0.717) is 23.6 Å². The van der Waals surface area contributed by atoms with Crippen LogP contribution in [0.3, 0.4) is 0 Å². The summed E-state index contributed by atoms with van der Waals surface area (Å²) in [6.45, 7) is 0.516. The van der Waals surface area contributed by atoms with Crippen LogP contribution in [0.1, 0.15) is 22.3 Å². The van der Waals surface area contributed by atoms with Gasteiger partial charge in [0.15, 0.2) is 0 Å². The Kier molecular flexibility index (Phi) is 5.21. The second kappa shape index (κ2) is 7.33. The predicted molar refractivity (Wildman–Crippen MR) is 82.5 cm³/mol. The van der Waals surface area contributed by atoms with E-state index < -0.39 is 5.97 Å². The van der Waals surface area contributed by atoms with Gasteiger partial charge in [-0.3, -0.25) is 0 Å². The van der Waals surface area contributed by atoms with E-state index in [4.69, 9.17) is 15.2 Å². The van der Waals surface area contributed by atoms with Gasteiger partial charge >= 0.3 is 5.97 Å². The van der Waals surface area contributed by atoms with Crippen molar-refractivity contribution < 1.29 is 14.3 Å². The van der Waals surface area contributed by atoms with Gasteiger partial charge in [-0.1, -0.05) is 36.4 Å². The van der Waals surface area contributed by atoms with Crippen molar-refractivity contribution in [2.24, 2.45) is 0 Å². The number of methoxy groups -OCH3 is 1. The highest BCUT2D eigenvalue weighted by Crippen LogP contribution is 2.25. The van der Waals surface area contributed by atoms with Gasteiger partial charge in [-0.05, 0) is 30.5 Å². The summed E-state index contributed by atoms with van der Waals surface area (Å²) in [5, 5.41) is 0. The van der Waals surface area contributed by atoms with Gasteiger partial charge in [0, 0.05) is 5.69 Å². The van der Waals surface area contributed by atoms with Crippen LogP contribution in [0, 0.1) is 0 Å². The molecular weight excluding hydrogens is 266 g/mol. The summed E-state index contributed by atoms with van der Waals surface area (Å²) in [5.74, 6) is -0.0129. The van der Waals surface area contributed by atoms with Crippen molar-refractivity contribution in [3.8, 4) is 5.75 Å². The quantitative estimate of drug-likeness (QED) is 0.503. The maximum Gasteiger partial charge on any atom is 0.343 e. The molecule has 0 radical (unpaired) electrons. The smallest absolute Gasteiger partial charge is 0.343 e. The summed E-state index contributed by atoms with van der Waals surface area (Å²) in [6, 6.07) is 15.3. The molecule has 2 N–H and O–H groups in total. The molecule has 4 nitrogen and oxygen atoms in total. The molecule has 0 aliphatic heterocycles. The monoisotopic (exact) mass is 285 g/mol. The Balaban J connectivity index is 1.94. The first-order valence-corrected chi connectivity index (χ1v) is 6.86. The molecule has 0 atom stereocenters. The Morgan fingerprint density at radius 3 is 2.57 bits per heavy atom. The van der Waals surface area contributed by atoms with E-state index in [0.717, 1.165) is 12.8 Å². The molecule has 2 aromatic rings. The van der Waals surface area contributed by atoms with E-state index >= 15 is 0 Å². The topological polar surface area (TPSA) is 61.5 Å². The van der Waals surface area contributed by atoms with Gasteiger partial charge < -0.3 is 15.2 Å². The first-order chi connectivity index (χ1) is 10.2. The zero-order chi connectivity index (χ0) is 15.1. The Bertz CT molecular complexity index is 596. The molecule has 4 heteroatoms. The molecule has 0 aliphatic carbocycles. The van der Waals surface area contributed by atoms with Crippen molar-refractivity contribution in [1.29, 1.82) is 0 Å². The molecule has 0 unspecified atom stereocenters. The van der Waals surface area contributed by atoms with E-state index in [9.17, 15) is 4.79 Å². The SMILES string of the molecule is COC(=O)c1c(N)cccc1OCCCc1ccccc1. The molecule has 2 aromatic carbocycles. The van der Waals surface area contributed by atoms with Gasteiger partial charge in [-0.2, -0.15) is 0 Å². The number of hydrogen-bond acceptors (Lipinski definition) is 4. The van der Waals surface area contributed by atoms with Crippen LogP contribution in [0.5, 0.6) is 5.75 Å². The van der Waals surface area contributed by atoms with Crippen molar-refractivity contribution >= 4 is 11.7 Å². The Morgan fingerprint density at radius 1 is 1.10 bits per heavy atom. The van der Waals surface area contributed by atoms with Crippen LogP contribution < -0.4 is 10.5 Å². The Morgan fingerprint density at radius 2 is 1.86 bits per heavy atom. The fourth-order valence-electron chi connectivity index (χ4n) is 2.09. The van der Waals surface area contributed by atoms with E-state index in [1.807, 2.05) is 18.2 Å². The van der Waals surface area contributed by atoms with Crippen LogP contribution in [0.2, 0.25) is 0 Å². The summed E-state index contributed by atoms with van der Waals surface area (Å²) < 4.78 is 10.4. The van der Waals surface area contributed by atoms with Crippen molar-refractivity contribution in [3.63, 3.8) is 0 Å². The maximum atomic E-state index is 11.7. The van der Waals surface area contributed by atoms with Crippen molar-refractivity contribution in [1.82, 2.24) is 0 Å². The van der Waals surface area contributed by atoms with Gasteiger partial charge in [-0.25, -0.2) is 4.79 Å². The number of carbonyl (C=O) groups excluding carboxylic acids is 1. The highest BCUT2D eigenvalue weighted by molar-refractivity contribution is 5.98. The van der Waals surface area contributed by atoms with Crippen molar-refractivity contribution in [3.05, 3.63) is 59.7 Å². The standard InChI is InChI=1S/C17H19NO3/c1-20-17(19)16-14(18)10-5-11-15(16)21-12-6-9-13-7-3-2-4-8-13/h2-5,7-8,10-11H,6,9,12,18H2,1H3.